The molecule has 0 aliphatic carbocycles. The number of rotatable bonds is 9. The van der Waals surface area contributed by atoms with Gasteiger partial charge < -0.3 is 20.1 Å². The van der Waals surface area contributed by atoms with Crippen LogP contribution in [0.4, 0.5) is 24.2 Å². The molecule has 3 aromatic rings. The monoisotopic (exact) mass is 578 g/mol. The number of halogens is 3. The van der Waals surface area contributed by atoms with Crippen LogP contribution in [0.1, 0.15) is 25.8 Å². The summed E-state index contributed by atoms with van der Waals surface area (Å²) in [6.45, 7) is 3.67. The Morgan fingerprint density at radius 1 is 1.23 bits per heavy atom. The van der Waals surface area contributed by atoms with Gasteiger partial charge in [-0.15, -0.1) is 11.8 Å². The molecule has 2 heterocycles. The Balaban J connectivity index is 1.39. The van der Waals surface area contributed by atoms with Crippen LogP contribution in [-0.2, 0) is 11.3 Å². The van der Waals surface area contributed by atoms with Crippen molar-refractivity contribution in [1.82, 2.24) is 15.2 Å². The molecule has 12 heteroatoms. The number of urea groups is 1. The van der Waals surface area contributed by atoms with Gasteiger partial charge in [0.1, 0.15) is 28.9 Å². The van der Waals surface area contributed by atoms with Gasteiger partial charge in [0.15, 0.2) is 0 Å². The summed E-state index contributed by atoms with van der Waals surface area (Å²) in [7, 11) is 1.63. The second kappa shape index (κ2) is 11.5. The van der Waals surface area contributed by atoms with Gasteiger partial charge in [-0.25, -0.2) is 23.4 Å². The van der Waals surface area contributed by atoms with E-state index in [0.717, 1.165) is 5.39 Å². The van der Waals surface area contributed by atoms with Crippen molar-refractivity contribution in [3.8, 4) is 0 Å². The smallest absolute Gasteiger partial charge is 0.412 e. The Morgan fingerprint density at radius 2 is 2.00 bits per heavy atom. The van der Waals surface area contributed by atoms with Crippen molar-refractivity contribution in [3.63, 3.8) is 0 Å². The highest BCUT2D eigenvalue weighted by Crippen LogP contribution is 2.60. The van der Waals surface area contributed by atoms with Crippen molar-refractivity contribution in [2.75, 3.05) is 25.6 Å². The Morgan fingerprint density at radius 3 is 2.74 bits per heavy atom. The predicted octanol–water partition coefficient (Wildman–Crippen LogP) is 5.78. The number of nitrogens with one attached hydrogen (secondary N) is 2. The second-order valence-corrected chi connectivity index (χ2v) is 12.1. The van der Waals surface area contributed by atoms with Crippen molar-refractivity contribution < 1.29 is 28.2 Å². The summed E-state index contributed by atoms with van der Waals surface area (Å²) >= 11 is 7.45. The Labute approximate surface area is 234 Å². The van der Waals surface area contributed by atoms with Crippen LogP contribution >= 0.6 is 23.4 Å². The first-order valence-electron chi connectivity index (χ1n) is 12.2. The van der Waals surface area contributed by atoms with Gasteiger partial charge in [-0.3, -0.25) is 5.32 Å². The lowest BCUT2D eigenvalue weighted by atomic mass is 9.85. The summed E-state index contributed by atoms with van der Waals surface area (Å²) in [6, 6.07) is 9.77. The molecule has 2 aromatic carbocycles. The minimum Gasteiger partial charge on any atom is -0.448 e. The largest absolute Gasteiger partial charge is 0.448 e. The minimum atomic E-state index is -0.749. The van der Waals surface area contributed by atoms with Crippen molar-refractivity contribution in [2.45, 2.75) is 36.9 Å². The lowest BCUT2D eigenvalue weighted by molar-refractivity contribution is 0.1000. The zero-order valence-corrected chi connectivity index (χ0v) is 23.2. The quantitative estimate of drug-likeness (QED) is 0.278. The number of aliphatic hydroxyl groups is 1. The van der Waals surface area contributed by atoms with Crippen molar-refractivity contribution in [1.29, 1.82) is 0 Å². The van der Waals surface area contributed by atoms with E-state index in [1.165, 1.54) is 47.1 Å². The number of amides is 3. The van der Waals surface area contributed by atoms with Gasteiger partial charge in [-0.1, -0.05) is 37.6 Å². The average molecular weight is 579 g/mol. The van der Waals surface area contributed by atoms with Gasteiger partial charge >= 0.3 is 12.1 Å². The van der Waals surface area contributed by atoms with E-state index in [9.17, 15) is 23.5 Å². The zero-order chi connectivity index (χ0) is 28.4. The SMILES string of the molecule is CN(C(=O)NCc1cccc(F)c1Cl)[C@@]1(CC(C)(C)CO)SC1COC(=O)Nc1cc2cc(F)ccc2cn1. The number of carbonyl (C=O) groups excluding carboxylic acids is 2. The number of carbonyl (C=O) groups is 2. The Kier molecular flexibility index (Phi) is 8.53. The van der Waals surface area contributed by atoms with Crippen LogP contribution in [0, 0.1) is 17.0 Å². The third kappa shape index (κ3) is 6.71. The van der Waals surface area contributed by atoms with Gasteiger partial charge in [0.2, 0.25) is 0 Å². The van der Waals surface area contributed by atoms with Crippen LogP contribution in [0.5, 0.6) is 0 Å². The summed E-state index contributed by atoms with van der Waals surface area (Å²) in [4.78, 5) is 30.5. The number of nitrogens with zero attached hydrogens (tertiary/aromatic N) is 2. The summed E-state index contributed by atoms with van der Waals surface area (Å²) in [6.07, 6.45) is 1.21. The van der Waals surface area contributed by atoms with E-state index in [1.807, 2.05) is 13.8 Å². The number of fused-ring (bicyclic) bond motifs is 1. The molecule has 0 spiro atoms. The van der Waals surface area contributed by atoms with Gasteiger partial charge in [0.05, 0.1) is 10.3 Å². The Bertz CT molecular complexity index is 1400. The number of hydrogen-bond acceptors (Lipinski definition) is 6. The van der Waals surface area contributed by atoms with Gasteiger partial charge in [0, 0.05) is 31.8 Å². The zero-order valence-electron chi connectivity index (χ0n) is 21.6. The second-order valence-electron chi connectivity index (χ2n) is 10.2. The van der Waals surface area contributed by atoms with Crippen LogP contribution in [0.15, 0.2) is 48.7 Å². The summed E-state index contributed by atoms with van der Waals surface area (Å²) in [5.41, 5.74) is -0.0810. The highest BCUT2D eigenvalue weighted by molar-refractivity contribution is 8.08. The maximum Gasteiger partial charge on any atom is 0.412 e. The van der Waals surface area contributed by atoms with Crippen molar-refractivity contribution >= 4 is 52.1 Å². The maximum absolute atomic E-state index is 13.8. The summed E-state index contributed by atoms with van der Waals surface area (Å²) < 4.78 is 32.7. The number of aliphatic hydroxyl groups excluding tert-OH is 1. The fraction of sp³-hybridized carbons (Fsp3) is 0.370. The number of thioether (sulfide) groups is 1. The highest BCUT2D eigenvalue weighted by atomic mass is 35.5. The van der Waals surface area contributed by atoms with E-state index in [1.54, 1.807) is 25.2 Å². The summed E-state index contributed by atoms with van der Waals surface area (Å²) in [5, 5.41) is 16.2. The van der Waals surface area contributed by atoms with Crippen molar-refractivity contribution in [3.05, 3.63) is 70.9 Å². The van der Waals surface area contributed by atoms with Crippen LogP contribution in [-0.4, -0.2) is 57.5 Å². The third-order valence-corrected chi connectivity index (χ3v) is 8.66. The topological polar surface area (TPSA) is 104 Å². The molecule has 1 aliphatic rings. The fourth-order valence-electron chi connectivity index (χ4n) is 4.31. The molecule has 4 rings (SSSR count). The number of anilines is 1. The van der Waals surface area contributed by atoms with E-state index in [-0.39, 0.29) is 35.8 Å². The van der Waals surface area contributed by atoms with Crippen LogP contribution < -0.4 is 10.6 Å². The van der Waals surface area contributed by atoms with Gasteiger partial charge in [-0.05, 0) is 53.1 Å². The van der Waals surface area contributed by atoms with Crippen LogP contribution in [0.3, 0.4) is 0 Å². The predicted molar refractivity (Wildman–Crippen MR) is 148 cm³/mol. The third-order valence-electron chi connectivity index (χ3n) is 6.57. The van der Waals surface area contributed by atoms with E-state index in [0.29, 0.717) is 17.4 Å². The molecular formula is C27H29ClF2N4O4S. The molecule has 0 radical (unpaired) electrons. The summed E-state index contributed by atoms with van der Waals surface area (Å²) in [5.74, 6) is -0.763. The number of pyridine rings is 1. The molecule has 1 saturated heterocycles. The number of aromatic nitrogens is 1. The van der Waals surface area contributed by atoms with E-state index >= 15 is 0 Å². The molecule has 39 heavy (non-hydrogen) atoms. The van der Waals surface area contributed by atoms with Crippen molar-refractivity contribution in [2.24, 2.45) is 5.41 Å². The lowest BCUT2D eigenvalue weighted by Gasteiger charge is -2.34. The number of ether oxygens (including phenoxy) is 1. The first-order chi connectivity index (χ1) is 18.4. The molecule has 1 aliphatic heterocycles. The first kappa shape index (κ1) is 28.8. The molecule has 2 atom stereocenters. The standard InChI is InChI=1S/C27H29ClF2N4O4S/c1-26(2,15-35)14-27(34(3)24(36)32-12-17-5-4-6-20(30)23(17)28)21(39-27)13-38-25(37)33-22-10-18-9-19(29)8-7-16(18)11-31-22/h4-11,21,35H,12-15H2,1-3H3,(H,32,36)(H,31,33,37)/t21?,27-/m0/s1. The Hall–Kier alpha value is -3.15. The first-order valence-corrected chi connectivity index (χ1v) is 13.4. The molecule has 1 aromatic heterocycles. The van der Waals surface area contributed by atoms with E-state index < -0.39 is 34.0 Å². The van der Waals surface area contributed by atoms with Crippen LogP contribution in [0.25, 0.3) is 10.8 Å². The maximum atomic E-state index is 13.8. The van der Waals surface area contributed by atoms with Gasteiger partial charge in [-0.2, -0.15) is 0 Å². The van der Waals surface area contributed by atoms with Crippen LogP contribution in [0.2, 0.25) is 5.02 Å². The molecule has 208 valence electrons. The molecule has 1 fully saturated rings. The fourth-order valence-corrected chi connectivity index (χ4v) is 6.08. The molecule has 0 bridgehead atoms. The molecule has 8 nitrogen and oxygen atoms in total. The average Bonchev–Trinajstić information content (AvgIpc) is 3.60. The number of benzene rings is 2. The normalized spacial score (nSPS) is 18.5. The highest BCUT2D eigenvalue weighted by Gasteiger charge is 2.62. The molecule has 3 N–H and O–H groups in total. The minimum absolute atomic E-state index is 0.00639. The molecule has 0 saturated carbocycles. The lowest BCUT2D eigenvalue weighted by Crippen LogP contribution is -2.49. The molecule has 1 unspecified atom stereocenters. The van der Waals surface area contributed by atoms with E-state index in [2.05, 4.69) is 15.6 Å². The van der Waals surface area contributed by atoms with Gasteiger partial charge in [0.25, 0.3) is 0 Å². The molecule has 3 amide bonds. The molecular weight excluding hydrogens is 550 g/mol. The van der Waals surface area contributed by atoms with E-state index in [4.69, 9.17) is 16.3 Å². The number of hydrogen-bond donors (Lipinski definition) is 3.